The summed E-state index contributed by atoms with van der Waals surface area (Å²) in [6, 6.07) is 11.8. The van der Waals surface area contributed by atoms with Crippen molar-refractivity contribution in [2.75, 3.05) is 5.32 Å². The summed E-state index contributed by atoms with van der Waals surface area (Å²) in [5.41, 5.74) is 5.67. The number of carbonyl (C=O) groups excluding carboxylic acids is 1. The minimum Gasteiger partial charge on any atom is -0.403 e. The molecule has 0 bridgehead atoms. The monoisotopic (exact) mass is 321 g/mol. The van der Waals surface area contributed by atoms with Crippen LogP contribution in [-0.2, 0) is 0 Å². The van der Waals surface area contributed by atoms with Crippen LogP contribution in [0, 0.1) is 27.7 Å². The van der Waals surface area contributed by atoms with Gasteiger partial charge in [-0.3, -0.25) is 10.1 Å². The van der Waals surface area contributed by atoms with Crippen LogP contribution in [0.1, 0.15) is 32.6 Å². The van der Waals surface area contributed by atoms with Crippen molar-refractivity contribution in [3.8, 4) is 11.5 Å². The first kappa shape index (κ1) is 15.9. The second-order valence-corrected chi connectivity index (χ2v) is 6.06. The number of hydrogen-bond donors (Lipinski definition) is 1. The van der Waals surface area contributed by atoms with E-state index >= 15 is 0 Å². The number of carbonyl (C=O) groups is 1. The fraction of sp³-hybridized carbons (Fsp3) is 0.211. The van der Waals surface area contributed by atoms with Crippen LogP contribution in [0.3, 0.4) is 0 Å². The van der Waals surface area contributed by atoms with Crippen LogP contribution < -0.4 is 5.32 Å². The van der Waals surface area contributed by atoms with Crippen molar-refractivity contribution in [3.05, 3.63) is 64.2 Å². The second kappa shape index (κ2) is 6.28. The first-order valence-electron chi connectivity index (χ1n) is 7.73. The summed E-state index contributed by atoms with van der Waals surface area (Å²) in [5.74, 6) is 0.126. The smallest absolute Gasteiger partial charge is 0.322 e. The van der Waals surface area contributed by atoms with Gasteiger partial charge in [-0.2, -0.15) is 0 Å². The van der Waals surface area contributed by atoms with Gasteiger partial charge in [0.25, 0.3) is 5.91 Å². The van der Waals surface area contributed by atoms with Gasteiger partial charge < -0.3 is 4.42 Å². The molecular weight excluding hydrogens is 302 g/mol. The van der Waals surface area contributed by atoms with E-state index in [0.29, 0.717) is 11.5 Å². The lowest BCUT2D eigenvalue weighted by molar-refractivity contribution is 0.102. The van der Waals surface area contributed by atoms with Crippen LogP contribution >= 0.6 is 0 Å². The molecule has 5 nitrogen and oxygen atoms in total. The maximum absolute atomic E-state index is 12.4. The number of hydrogen-bond acceptors (Lipinski definition) is 4. The quantitative estimate of drug-likeness (QED) is 0.784. The third kappa shape index (κ3) is 3.35. The zero-order valence-electron chi connectivity index (χ0n) is 14.2. The molecule has 0 aliphatic carbocycles. The van der Waals surface area contributed by atoms with Crippen molar-refractivity contribution >= 4 is 11.9 Å². The van der Waals surface area contributed by atoms with Crippen molar-refractivity contribution in [3.63, 3.8) is 0 Å². The van der Waals surface area contributed by atoms with E-state index in [1.165, 1.54) is 0 Å². The first-order valence-corrected chi connectivity index (χ1v) is 7.73. The Hall–Kier alpha value is -2.95. The van der Waals surface area contributed by atoms with E-state index in [4.69, 9.17) is 4.42 Å². The molecule has 1 amide bonds. The molecule has 1 N–H and O–H groups in total. The molecule has 2 aromatic carbocycles. The highest BCUT2D eigenvalue weighted by Gasteiger charge is 2.14. The molecule has 0 fully saturated rings. The summed E-state index contributed by atoms with van der Waals surface area (Å²) in [6.45, 7) is 7.91. The number of benzene rings is 2. The lowest BCUT2D eigenvalue weighted by Crippen LogP contribution is -2.13. The van der Waals surface area contributed by atoms with Crippen molar-refractivity contribution in [2.45, 2.75) is 27.7 Å². The Morgan fingerprint density at radius 3 is 2.29 bits per heavy atom. The lowest BCUT2D eigenvalue weighted by Gasteiger charge is -2.05. The Morgan fingerprint density at radius 2 is 1.62 bits per heavy atom. The topological polar surface area (TPSA) is 68.0 Å². The van der Waals surface area contributed by atoms with Crippen molar-refractivity contribution in [1.29, 1.82) is 0 Å². The maximum atomic E-state index is 12.4. The predicted octanol–water partition coefficient (Wildman–Crippen LogP) is 4.22. The summed E-state index contributed by atoms with van der Waals surface area (Å²) in [5, 5.41) is 10.6. The molecule has 0 aliphatic rings. The van der Waals surface area contributed by atoms with Crippen molar-refractivity contribution in [2.24, 2.45) is 0 Å². The molecule has 3 rings (SSSR count). The Bertz CT molecular complexity index is 892. The molecule has 3 aromatic rings. The summed E-state index contributed by atoms with van der Waals surface area (Å²) < 4.78 is 5.58. The highest BCUT2D eigenvalue weighted by molar-refractivity contribution is 6.04. The number of nitrogens with one attached hydrogen (secondary N) is 1. The molecule has 0 aliphatic heterocycles. The van der Waals surface area contributed by atoms with Crippen molar-refractivity contribution in [1.82, 2.24) is 10.2 Å². The molecule has 1 aromatic heterocycles. The van der Waals surface area contributed by atoms with E-state index in [9.17, 15) is 4.79 Å². The molecule has 122 valence electrons. The molecule has 0 saturated heterocycles. The molecular formula is C19H19N3O2. The van der Waals surface area contributed by atoms with Crippen LogP contribution in [0.15, 0.2) is 40.8 Å². The molecule has 0 unspecified atom stereocenters. The minimum absolute atomic E-state index is 0.0918. The Balaban J connectivity index is 1.82. The summed E-state index contributed by atoms with van der Waals surface area (Å²) in [7, 11) is 0. The van der Waals surface area contributed by atoms with Gasteiger partial charge in [0.05, 0.1) is 0 Å². The van der Waals surface area contributed by atoms with E-state index in [1.807, 2.05) is 52.0 Å². The van der Waals surface area contributed by atoms with E-state index in [0.717, 1.165) is 27.8 Å². The van der Waals surface area contributed by atoms with Gasteiger partial charge in [0, 0.05) is 11.1 Å². The predicted molar refractivity (Wildman–Crippen MR) is 93.1 cm³/mol. The zero-order valence-corrected chi connectivity index (χ0v) is 14.2. The van der Waals surface area contributed by atoms with Gasteiger partial charge in [-0.25, -0.2) is 0 Å². The molecule has 0 atom stereocenters. The standard InChI is InChI=1S/C19H19N3O2/c1-11-5-6-16(14(4)8-11)17(23)20-19-22-21-18(24-19)15-9-12(2)7-13(3)10-15/h5-10H,1-4H3,(H,20,22,23). The SMILES string of the molecule is Cc1cc(C)cc(-c2nnc(NC(=O)c3ccc(C)cc3C)o2)c1. The fourth-order valence-electron chi connectivity index (χ4n) is 2.72. The molecule has 0 spiro atoms. The number of nitrogens with zero attached hydrogens (tertiary/aromatic N) is 2. The van der Waals surface area contributed by atoms with Crippen LogP contribution in [-0.4, -0.2) is 16.1 Å². The third-order valence-electron chi connectivity index (χ3n) is 3.74. The van der Waals surface area contributed by atoms with E-state index in [-0.39, 0.29) is 11.9 Å². The molecule has 24 heavy (non-hydrogen) atoms. The first-order chi connectivity index (χ1) is 11.4. The van der Waals surface area contributed by atoms with E-state index < -0.39 is 0 Å². The van der Waals surface area contributed by atoms with Crippen LogP contribution in [0.25, 0.3) is 11.5 Å². The van der Waals surface area contributed by atoms with Gasteiger partial charge >= 0.3 is 6.01 Å². The fourth-order valence-corrected chi connectivity index (χ4v) is 2.72. The average molecular weight is 321 g/mol. The highest BCUT2D eigenvalue weighted by atomic mass is 16.4. The summed E-state index contributed by atoms with van der Waals surface area (Å²) in [4.78, 5) is 12.4. The Morgan fingerprint density at radius 1 is 0.917 bits per heavy atom. The van der Waals surface area contributed by atoms with E-state index in [2.05, 4.69) is 21.6 Å². The van der Waals surface area contributed by atoms with Crippen LogP contribution in [0.4, 0.5) is 6.01 Å². The normalized spacial score (nSPS) is 10.7. The zero-order chi connectivity index (χ0) is 17.3. The maximum Gasteiger partial charge on any atom is 0.322 e. The Labute approximate surface area is 140 Å². The highest BCUT2D eigenvalue weighted by Crippen LogP contribution is 2.23. The van der Waals surface area contributed by atoms with Gasteiger partial charge in [-0.05, 0) is 51.5 Å². The molecule has 1 heterocycles. The van der Waals surface area contributed by atoms with Gasteiger partial charge in [0.2, 0.25) is 5.89 Å². The van der Waals surface area contributed by atoms with Gasteiger partial charge in [-0.15, -0.1) is 5.10 Å². The molecule has 5 heteroatoms. The van der Waals surface area contributed by atoms with Gasteiger partial charge in [0.15, 0.2) is 0 Å². The van der Waals surface area contributed by atoms with E-state index in [1.54, 1.807) is 6.07 Å². The molecule has 0 radical (unpaired) electrons. The molecule has 0 saturated carbocycles. The van der Waals surface area contributed by atoms with Gasteiger partial charge in [0.1, 0.15) is 0 Å². The van der Waals surface area contributed by atoms with Crippen molar-refractivity contribution < 1.29 is 9.21 Å². The summed E-state index contributed by atoms with van der Waals surface area (Å²) in [6.07, 6.45) is 0. The largest absolute Gasteiger partial charge is 0.403 e. The van der Waals surface area contributed by atoms with Crippen LogP contribution in [0.5, 0.6) is 0 Å². The number of rotatable bonds is 3. The third-order valence-corrected chi connectivity index (χ3v) is 3.74. The number of aryl methyl sites for hydroxylation is 4. The average Bonchev–Trinajstić information content (AvgIpc) is 2.94. The Kier molecular flexibility index (Phi) is 4.16. The number of amides is 1. The minimum atomic E-state index is -0.261. The van der Waals surface area contributed by atoms with Crippen LogP contribution in [0.2, 0.25) is 0 Å². The lowest BCUT2D eigenvalue weighted by atomic mass is 10.1. The second-order valence-electron chi connectivity index (χ2n) is 6.06. The number of aromatic nitrogens is 2. The van der Waals surface area contributed by atoms with Gasteiger partial charge in [-0.1, -0.05) is 40.0 Å². The number of anilines is 1. The summed E-state index contributed by atoms with van der Waals surface area (Å²) >= 11 is 0.